The lowest BCUT2D eigenvalue weighted by Gasteiger charge is -2.29. The summed E-state index contributed by atoms with van der Waals surface area (Å²) >= 11 is 0. The molecular formula is C16H22N2O3. The zero-order valence-corrected chi connectivity index (χ0v) is 12.6. The molecule has 2 amide bonds. The van der Waals surface area contributed by atoms with Crippen LogP contribution in [0.2, 0.25) is 0 Å². The van der Waals surface area contributed by atoms with E-state index in [0.29, 0.717) is 0 Å². The van der Waals surface area contributed by atoms with Crippen LogP contribution in [-0.4, -0.2) is 35.6 Å². The number of benzene rings is 1. The van der Waals surface area contributed by atoms with Crippen LogP contribution in [0.4, 0.5) is 4.79 Å². The van der Waals surface area contributed by atoms with Crippen molar-refractivity contribution in [1.82, 2.24) is 10.2 Å². The smallest absolute Gasteiger partial charge is 0.317 e. The van der Waals surface area contributed by atoms with Gasteiger partial charge in [-0.3, -0.25) is 4.79 Å². The molecule has 0 radical (unpaired) electrons. The normalized spacial score (nSPS) is 17.0. The molecule has 2 rings (SSSR count). The van der Waals surface area contributed by atoms with Crippen LogP contribution in [0, 0.1) is 6.92 Å². The average molecular weight is 290 g/mol. The minimum Gasteiger partial charge on any atom is -0.481 e. The van der Waals surface area contributed by atoms with E-state index in [1.165, 1.54) is 21.6 Å². The van der Waals surface area contributed by atoms with Gasteiger partial charge < -0.3 is 15.3 Å². The van der Waals surface area contributed by atoms with Crippen LogP contribution in [-0.2, 0) is 11.2 Å². The molecule has 1 aromatic rings. The number of carbonyl (C=O) groups excluding carboxylic acids is 1. The summed E-state index contributed by atoms with van der Waals surface area (Å²) in [5.74, 6) is -0.895. The van der Waals surface area contributed by atoms with Crippen LogP contribution in [0.25, 0.3) is 0 Å². The fourth-order valence-electron chi connectivity index (χ4n) is 2.69. The Balaban J connectivity index is 2.02. The highest BCUT2D eigenvalue weighted by molar-refractivity contribution is 5.75. The summed E-state index contributed by atoms with van der Waals surface area (Å²) in [4.78, 5) is 24.1. The van der Waals surface area contributed by atoms with Gasteiger partial charge in [0.2, 0.25) is 0 Å². The fraction of sp³-hybridized carbons (Fsp3) is 0.500. The van der Waals surface area contributed by atoms with Gasteiger partial charge in [-0.05, 0) is 37.3 Å². The van der Waals surface area contributed by atoms with E-state index in [1.807, 2.05) is 6.92 Å². The van der Waals surface area contributed by atoms with Gasteiger partial charge in [0.1, 0.15) is 0 Å². The number of hydrogen-bond acceptors (Lipinski definition) is 2. The van der Waals surface area contributed by atoms with Crippen molar-refractivity contribution in [2.24, 2.45) is 0 Å². The highest BCUT2D eigenvalue weighted by Gasteiger charge is 2.23. The maximum absolute atomic E-state index is 12.1. The van der Waals surface area contributed by atoms with E-state index in [9.17, 15) is 9.59 Å². The first-order valence-corrected chi connectivity index (χ1v) is 7.30. The summed E-state index contributed by atoms with van der Waals surface area (Å²) < 4.78 is 0. The highest BCUT2D eigenvalue weighted by Crippen LogP contribution is 2.30. The summed E-state index contributed by atoms with van der Waals surface area (Å²) in [6, 6.07) is 6.18. The standard InChI is InChI=1S/C16H22N2O3/c1-11-6-7-12-4-3-5-14(13(12)10-11)17-16(21)18(2)9-8-15(19)20/h6-7,10,14H,3-5,8-9H2,1-2H3,(H,17,21)(H,19,20)/t14-/m1/s1. The molecule has 0 saturated carbocycles. The van der Waals surface area contributed by atoms with Gasteiger partial charge in [0.25, 0.3) is 0 Å². The maximum Gasteiger partial charge on any atom is 0.317 e. The molecule has 0 saturated heterocycles. The zero-order chi connectivity index (χ0) is 15.4. The van der Waals surface area contributed by atoms with Crippen LogP contribution >= 0.6 is 0 Å². The van der Waals surface area contributed by atoms with Gasteiger partial charge in [0.15, 0.2) is 0 Å². The number of rotatable bonds is 4. The minimum atomic E-state index is -0.895. The molecule has 5 heteroatoms. The molecule has 1 aliphatic rings. The van der Waals surface area contributed by atoms with Crippen molar-refractivity contribution < 1.29 is 14.7 Å². The number of carbonyl (C=O) groups is 2. The monoisotopic (exact) mass is 290 g/mol. The number of aryl methyl sites for hydroxylation is 2. The Kier molecular flexibility index (Phi) is 4.83. The molecule has 0 unspecified atom stereocenters. The minimum absolute atomic E-state index is 0.0217. The third-order valence-corrected chi connectivity index (χ3v) is 3.92. The van der Waals surface area contributed by atoms with Crippen LogP contribution < -0.4 is 5.32 Å². The molecular weight excluding hydrogens is 268 g/mol. The van der Waals surface area contributed by atoms with Gasteiger partial charge in [-0.25, -0.2) is 4.79 Å². The van der Waals surface area contributed by atoms with E-state index in [1.54, 1.807) is 7.05 Å². The number of fused-ring (bicyclic) bond motifs is 1. The number of nitrogens with one attached hydrogen (secondary N) is 1. The Morgan fingerprint density at radius 1 is 1.43 bits per heavy atom. The van der Waals surface area contributed by atoms with E-state index in [0.717, 1.165) is 19.3 Å². The fourth-order valence-corrected chi connectivity index (χ4v) is 2.69. The number of carboxylic acid groups (broad SMARTS) is 1. The number of hydrogen-bond donors (Lipinski definition) is 2. The first-order chi connectivity index (χ1) is 9.97. The van der Waals surface area contributed by atoms with Crippen molar-refractivity contribution in [3.05, 3.63) is 34.9 Å². The van der Waals surface area contributed by atoms with Gasteiger partial charge in [0.05, 0.1) is 12.5 Å². The first kappa shape index (κ1) is 15.4. The topological polar surface area (TPSA) is 69.6 Å². The summed E-state index contributed by atoms with van der Waals surface area (Å²) in [6.07, 6.45) is 3.00. The third-order valence-electron chi connectivity index (χ3n) is 3.92. The maximum atomic E-state index is 12.1. The SMILES string of the molecule is Cc1ccc2c(c1)[C@H](NC(=O)N(C)CCC(=O)O)CCC2. The van der Waals surface area contributed by atoms with E-state index in [2.05, 4.69) is 23.5 Å². The van der Waals surface area contributed by atoms with Gasteiger partial charge in [-0.15, -0.1) is 0 Å². The molecule has 0 fully saturated rings. The molecule has 1 aromatic carbocycles. The molecule has 2 N–H and O–H groups in total. The average Bonchev–Trinajstić information content (AvgIpc) is 2.45. The Hall–Kier alpha value is -2.04. The van der Waals surface area contributed by atoms with Crippen molar-refractivity contribution in [2.75, 3.05) is 13.6 Å². The summed E-state index contributed by atoms with van der Waals surface area (Å²) in [5.41, 5.74) is 3.68. The predicted octanol–water partition coefficient (Wildman–Crippen LogP) is 2.49. The zero-order valence-electron chi connectivity index (χ0n) is 12.6. The Labute approximate surface area is 125 Å². The molecule has 0 bridgehead atoms. The van der Waals surface area contributed by atoms with Gasteiger partial charge in [-0.2, -0.15) is 0 Å². The summed E-state index contributed by atoms with van der Waals surface area (Å²) in [5, 5.41) is 11.7. The molecule has 1 atom stereocenters. The van der Waals surface area contributed by atoms with E-state index >= 15 is 0 Å². The number of nitrogens with zero attached hydrogens (tertiary/aromatic N) is 1. The molecule has 1 aliphatic carbocycles. The van der Waals surface area contributed by atoms with Crippen molar-refractivity contribution >= 4 is 12.0 Å². The van der Waals surface area contributed by atoms with Gasteiger partial charge in [0, 0.05) is 13.6 Å². The van der Waals surface area contributed by atoms with E-state index < -0.39 is 5.97 Å². The lowest BCUT2D eigenvalue weighted by molar-refractivity contribution is -0.137. The quantitative estimate of drug-likeness (QED) is 0.895. The lowest BCUT2D eigenvalue weighted by atomic mass is 9.87. The Morgan fingerprint density at radius 3 is 2.90 bits per heavy atom. The van der Waals surface area contributed by atoms with Crippen molar-refractivity contribution in [2.45, 2.75) is 38.6 Å². The van der Waals surface area contributed by atoms with Gasteiger partial charge in [-0.1, -0.05) is 23.8 Å². The molecule has 0 aromatic heterocycles. The molecule has 0 aliphatic heterocycles. The van der Waals surface area contributed by atoms with Crippen LogP contribution in [0.3, 0.4) is 0 Å². The number of carboxylic acids is 1. The van der Waals surface area contributed by atoms with Crippen LogP contribution in [0.1, 0.15) is 42.0 Å². The van der Waals surface area contributed by atoms with Crippen LogP contribution in [0.15, 0.2) is 18.2 Å². The van der Waals surface area contributed by atoms with Gasteiger partial charge >= 0.3 is 12.0 Å². The number of aliphatic carboxylic acids is 1. The molecule has 0 heterocycles. The van der Waals surface area contributed by atoms with E-state index in [4.69, 9.17) is 5.11 Å². The second-order valence-electron chi connectivity index (χ2n) is 5.66. The number of urea groups is 1. The molecule has 5 nitrogen and oxygen atoms in total. The predicted molar refractivity (Wildman–Crippen MR) is 80.3 cm³/mol. The molecule has 21 heavy (non-hydrogen) atoms. The Bertz CT molecular complexity index is 542. The third kappa shape index (κ3) is 3.97. The summed E-state index contributed by atoms with van der Waals surface area (Å²) in [7, 11) is 1.62. The van der Waals surface area contributed by atoms with Crippen molar-refractivity contribution in [3.8, 4) is 0 Å². The number of amides is 2. The second kappa shape index (κ2) is 6.61. The molecule has 0 spiro atoms. The summed E-state index contributed by atoms with van der Waals surface area (Å²) in [6.45, 7) is 2.27. The van der Waals surface area contributed by atoms with Crippen LogP contribution in [0.5, 0.6) is 0 Å². The van der Waals surface area contributed by atoms with E-state index in [-0.39, 0.29) is 25.0 Å². The highest BCUT2D eigenvalue weighted by atomic mass is 16.4. The lowest BCUT2D eigenvalue weighted by Crippen LogP contribution is -2.41. The Morgan fingerprint density at radius 2 is 2.19 bits per heavy atom. The van der Waals surface area contributed by atoms with Crippen molar-refractivity contribution in [1.29, 1.82) is 0 Å². The van der Waals surface area contributed by atoms with Crippen molar-refractivity contribution in [3.63, 3.8) is 0 Å². The first-order valence-electron chi connectivity index (χ1n) is 7.30. The molecule has 114 valence electrons. The second-order valence-corrected chi connectivity index (χ2v) is 5.66. The largest absolute Gasteiger partial charge is 0.481 e.